The highest BCUT2D eigenvalue weighted by atomic mass is 19.3. The summed E-state index contributed by atoms with van der Waals surface area (Å²) in [4.78, 5) is 28.2. The maximum atomic E-state index is 13.2. The highest BCUT2D eigenvalue weighted by Crippen LogP contribution is 2.33. The molecule has 178 valence electrons. The number of primary amides is 1. The highest BCUT2D eigenvalue weighted by molar-refractivity contribution is 5.95. The zero-order valence-electron chi connectivity index (χ0n) is 18.6. The molecule has 9 heteroatoms. The van der Waals surface area contributed by atoms with Crippen LogP contribution in [0.25, 0.3) is 0 Å². The Balaban J connectivity index is 1.75. The van der Waals surface area contributed by atoms with Crippen molar-refractivity contribution in [3.8, 4) is 11.5 Å². The van der Waals surface area contributed by atoms with E-state index in [0.29, 0.717) is 18.8 Å². The molecule has 1 saturated carbocycles. The zero-order valence-corrected chi connectivity index (χ0v) is 18.6. The van der Waals surface area contributed by atoms with Crippen LogP contribution in [0.15, 0.2) is 48.5 Å². The molecular weight excluding hydrogens is 432 g/mol. The Hall–Kier alpha value is -3.20. The van der Waals surface area contributed by atoms with E-state index in [1.807, 2.05) is 30.3 Å². The molecule has 1 aliphatic carbocycles. The van der Waals surface area contributed by atoms with Crippen molar-refractivity contribution in [1.29, 1.82) is 0 Å². The number of ether oxygens (including phenoxy) is 2. The predicted molar refractivity (Wildman–Crippen MR) is 120 cm³/mol. The van der Waals surface area contributed by atoms with Gasteiger partial charge in [0.25, 0.3) is 0 Å². The van der Waals surface area contributed by atoms with Crippen LogP contribution >= 0.6 is 0 Å². The molecule has 0 unspecified atom stereocenters. The summed E-state index contributed by atoms with van der Waals surface area (Å²) >= 11 is 0. The van der Waals surface area contributed by atoms with Crippen LogP contribution in [0, 0.1) is 0 Å². The summed E-state index contributed by atoms with van der Waals surface area (Å²) in [6.07, 6.45) is 2.02. The second-order valence-electron chi connectivity index (χ2n) is 7.83. The summed E-state index contributed by atoms with van der Waals surface area (Å²) in [6.45, 7) is -0.0790. The Bertz CT molecular complexity index is 939. The molecule has 0 radical (unpaired) electrons. The predicted octanol–water partition coefficient (Wildman–Crippen LogP) is 3.56. The molecule has 0 atom stereocenters. The first-order valence-electron chi connectivity index (χ1n) is 11.0. The summed E-state index contributed by atoms with van der Waals surface area (Å²) < 4.78 is 35.4. The molecule has 1 aliphatic rings. The van der Waals surface area contributed by atoms with Crippen molar-refractivity contribution < 1.29 is 27.8 Å². The molecule has 0 saturated heterocycles. The number of carbonyl (C=O) groups excluding carboxylic acids is 2. The third-order valence-electron chi connectivity index (χ3n) is 5.26. The minimum atomic E-state index is -2.94. The Morgan fingerprint density at radius 3 is 2.45 bits per heavy atom. The third-order valence-corrected chi connectivity index (χ3v) is 5.26. The summed E-state index contributed by atoms with van der Waals surface area (Å²) in [5, 5.41) is 0. The average molecular weight is 462 g/mol. The first-order valence-corrected chi connectivity index (χ1v) is 11.0. The van der Waals surface area contributed by atoms with Gasteiger partial charge in [0.2, 0.25) is 11.8 Å². The van der Waals surface area contributed by atoms with Crippen LogP contribution in [0.4, 0.5) is 14.5 Å². The van der Waals surface area contributed by atoms with Crippen molar-refractivity contribution >= 4 is 17.5 Å². The summed E-state index contributed by atoms with van der Waals surface area (Å²) in [6, 6.07) is 14.2. The number of alkyl halides is 2. The van der Waals surface area contributed by atoms with Gasteiger partial charge in [0, 0.05) is 31.2 Å². The lowest BCUT2D eigenvalue weighted by atomic mass is 10.1. The first kappa shape index (κ1) is 24.4. The molecule has 0 aromatic heterocycles. The van der Waals surface area contributed by atoms with Gasteiger partial charge in [0.15, 0.2) is 11.5 Å². The van der Waals surface area contributed by atoms with E-state index in [-0.39, 0.29) is 43.0 Å². The van der Waals surface area contributed by atoms with E-state index in [4.69, 9.17) is 10.5 Å². The van der Waals surface area contributed by atoms with Crippen molar-refractivity contribution in [3.63, 3.8) is 0 Å². The second-order valence-corrected chi connectivity index (χ2v) is 7.83. The molecule has 2 aromatic rings. The number of carbonyl (C=O) groups is 2. The van der Waals surface area contributed by atoms with E-state index in [1.165, 1.54) is 6.07 Å². The number of hydrogen-bond acceptors (Lipinski definition) is 5. The van der Waals surface area contributed by atoms with Crippen LogP contribution in [0.3, 0.4) is 0 Å². The molecule has 2 aromatic carbocycles. The molecule has 1 fully saturated rings. The number of benzene rings is 2. The van der Waals surface area contributed by atoms with Crippen molar-refractivity contribution in [2.45, 2.75) is 45.4 Å². The fourth-order valence-corrected chi connectivity index (χ4v) is 3.59. The molecule has 0 bridgehead atoms. The number of nitrogens with zero attached hydrogens (tertiary/aromatic N) is 2. The van der Waals surface area contributed by atoms with Crippen molar-refractivity contribution in [2.75, 3.05) is 24.6 Å². The number of nitrogens with two attached hydrogens (primary N) is 1. The van der Waals surface area contributed by atoms with Gasteiger partial charge in [-0.15, -0.1) is 0 Å². The summed E-state index contributed by atoms with van der Waals surface area (Å²) in [5.41, 5.74) is 6.83. The topological polar surface area (TPSA) is 85.1 Å². The second kappa shape index (κ2) is 11.6. The average Bonchev–Trinajstić information content (AvgIpc) is 3.61. The fraction of sp³-hybridized carbons (Fsp3) is 0.417. The number of halogens is 2. The molecule has 0 aliphatic heterocycles. The van der Waals surface area contributed by atoms with E-state index >= 15 is 0 Å². The zero-order chi connectivity index (χ0) is 23.8. The lowest BCUT2D eigenvalue weighted by Crippen LogP contribution is -2.42. The van der Waals surface area contributed by atoms with Gasteiger partial charge in [-0.25, -0.2) is 0 Å². The molecule has 3 rings (SSSR count). The van der Waals surface area contributed by atoms with Crippen LogP contribution in [-0.2, 0) is 16.1 Å². The van der Waals surface area contributed by atoms with Crippen molar-refractivity contribution in [1.82, 2.24) is 4.90 Å². The van der Waals surface area contributed by atoms with E-state index in [9.17, 15) is 18.4 Å². The van der Waals surface area contributed by atoms with Gasteiger partial charge in [-0.2, -0.15) is 8.78 Å². The molecule has 2 amide bonds. The molecule has 33 heavy (non-hydrogen) atoms. The standard InChI is InChI=1S/C24H29F2N3O4/c1-2-32-21-14-17(8-11-20(21)33-24(25)26)15-28(18-9-10-18)16-23(31)29(13-12-22(27)30)19-6-4-3-5-7-19/h3-8,11,14,18,24H,2,9-10,12-13,15-16H2,1H3,(H2,27,30). The monoisotopic (exact) mass is 461 g/mol. The van der Waals surface area contributed by atoms with Gasteiger partial charge in [-0.05, 0) is 49.6 Å². The van der Waals surface area contributed by atoms with Gasteiger partial charge in [-0.3, -0.25) is 14.5 Å². The van der Waals surface area contributed by atoms with Gasteiger partial charge in [-0.1, -0.05) is 24.3 Å². The minimum absolute atomic E-state index is 0.0219. The third kappa shape index (κ3) is 7.42. The van der Waals surface area contributed by atoms with E-state index in [2.05, 4.69) is 9.64 Å². The summed E-state index contributed by atoms with van der Waals surface area (Å²) in [7, 11) is 0. The maximum absolute atomic E-state index is 13.2. The lowest BCUT2D eigenvalue weighted by molar-refractivity contribution is -0.120. The van der Waals surface area contributed by atoms with Crippen LogP contribution in [0.1, 0.15) is 31.7 Å². The quantitative estimate of drug-likeness (QED) is 0.493. The number of para-hydroxylation sites is 1. The highest BCUT2D eigenvalue weighted by Gasteiger charge is 2.32. The Morgan fingerprint density at radius 2 is 1.85 bits per heavy atom. The molecule has 7 nitrogen and oxygen atoms in total. The van der Waals surface area contributed by atoms with Crippen LogP contribution < -0.4 is 20.1 Å². The van der Waals surface area contributed by atoms with E-state index in [0.717, 1.165) is 18.4 Å². The number of anilines is 1. The smallest absolute Gasteiger partial charge is 0.387 e. The minimum Gasteiger partial charge on any atom is -0.490 e. The largest absolute Gasteiger partial charge is 0.490 e. The molecule has 0 heterocycles. The Kier molecular flexibility index (Phi) is 8.59. The molecular formula is C24H29F2N3O4. The fourth-order valence-electron chi connectivity index (χ4n) is 3.59. The number of amides is 2. The first-order chi connectivity index (χ1) is 15.9. The van der Waals surface area contributed by atoms with Crippen LogP contribution in [0.2, 0.25) is 0 Å². The lowest BCUT2D eigenvalue weighted by Gasteiger charge is -2.28. The maximum Gasteiger partial charge on any atom is 0.387 e. The van der Waals surface area contributed by atoms with Crippen LogP contribution in [-0.4, -0.2) is 49.1 Å². The Morgan fingerprint density at radius 1 is 1.12 bits per heavy atom. The summed E-state index contributed by atoms with van der Waals surface area (Å²) in [5.74, 6) is -0.398. The molecule has 2 N–H and O–H groups in total. The normalized spacial score (nSPS) is 13.2. The Labute approximate surface area is 192 Å². The number of rotatable bonds is 13. The molecule has 0 spiro atoms. The van der Waals surface area contributed by atoms with Crippen molar-refractivity contribution in [2.24, 2.45) is 5.73 Å². The SMILES string of the molecule is CCOc1cc(CN(CC(=O)N(CCC(N)=O)c2ccccc2)C2CC2)ccc1OC(F)F. The van der Waals surface area contributed by atoms with Gasteiger partial charge in [0.05, 0.1) is 13.2 Å². The van der Waals surface area contributed by atoms with Crippen molar-refractivity contribution in [3.05, 3.63) is 54.1 Å². The van der Waals surface area contributed by atoms with Gasteiger partial charge >= 0.3 is 6.61 Å². The van der Waals surface area contributed by atoms with Gasteiger partial charge < -0.3 is 20.1 Å². The van der Waals surface area contributed by atoms with Gasteiger partial charge in [0.1, 0.15) is 0 Å². The van der Waals surface area contributed by atoms with Crippen LogP contribution in [0.5, 0.6) is 11.5 Å². The van der Waals surface area contributed by atoms with E-state index in [1.54, 1.807) is 24.0 Å². The van der Waals surface area contributed by atoms with E-state index < -0.39 is 12.5 Å². The number of hydrogen-bond donors (Lipinski definition) is 1.